The second-order valence-electron chi connectivity index (χ2n) is 3.77. The highest BCUT2D eigenvalue weighted by Crippen LogP contribution is 2.35. The maximum Gasteiger partial charge on any atom is 0.309 e. The zero-order valence-electron chi connectivity index (χ0n) is 8.47. The molecule has 3 atom stereocenters. The smallest absolute Gasteiger partial charge is 0.309 e. The first-order valence-electron chi connectivity index (χ1n) is 4.76. The fourth-order valence-electron chi connectivity index (χ4n) is 1.89. The molecule has 2 saturated heterocycles. The maximum atomic E-state index is 11.0. The first-order chi connectivity index (χ1) is 7.18. The Hall–Kier alpha value is -0.690. The van der Waals surface area contributed by atoms with Crippen LogP contribution >= 0.6 is 0 Å². The van der Waals surface area contributed by atoms with E-state index in [2.05, 4.69) is 0 Å². The molecule has 0 aromatic heterocycles. The zero-order valence-corrected chi connectivity index (χ0v) is 8.47. The van der Waals surface area contributed by atoms with E-state index in [4.69, 9.17) is 18.9 Å². The molecular weight excluding hydrogens is 204 g/mol. The summed E-state index contributed by atoms with van der Waals surface area (Å²) in [7, 11) is 1.50. The third kappa shape index (κ3) is 1.85. The van der Waals surface area contributed by atoms with Gasteiger partial charge in [0.2, 0.25) is 0 Å². The van der Waals surface area contributed by atoms with Crippen LogP contribution in [0.1, 0.15) is 6.42 Å². The third-order valence-corrected chi connectivity index (χ3v) is 2.75. The van der Waals surface area contributed by atoms with Crippen LogP contribution < -0.4 is 0 Å². The molecule has 1 N–H and O–H groups in total. The number of rotatable bonds is 3. The van der Waals surface area contributed by atoms with Crippen LogP contribution in [0.15, 0.2) is 0 Å². The van der Waals surface area contributed by atoms with Crippen molar-refractivity contribution >= 4 is 5.97 Å². The summed E-state index contributed by atoms with van der Waals surface area (Å²) in [6, 6.07) is 0. The molecule has 15 heavy (non-hydrogen) atoms. The van der Waals surface area contributed by atoms with E-state index in [1.165, 1.54) is 7.11 Å². The zero-order chi connectivity index (χ0) is 10.9. The molecule has 2 aliphatic rings. The summed E-state index contributed by atoms with van der Waals surface area (Å²) < 4.78 is 20.2. The van der Waals surface area contributed by atoms with Gasteiger partial charge < -0.3 is 24.1 Å². The molecule has 2 heterocycles. The van der Waals surface area contributed by atoms with E-state index in [-0.39, 0.29) is 32.4 Å². The SMILES string of the molecule is COCO[C@@H]1CO[C@]2(COC(=O)C2)[C@H]1O. The van der Waals surface area contributed by atoms with Crippen LogP contribution in [0.2, 0.25) is 0 Å². The molecule has 6 heteroatoms. The van der Waals surface area contributed by atoms with Gasteiger partial charge in [0.15, 0.2) is 0 Å². The highest BCUT2D eigenvalue weighted by molar-refractivity contribution is 5.73. The number of carbonyl (C=O) groups excluding carboxylic acids is 1. The van der Waals surface area contributed by atoms with Crippen molar-refractivity contribution in [1.29, 1.82) is 0 Å². The van der Waals surface area contributed by atoms with Crippen LogP contribution in [0.3, 0.4) is 0 Å². The van der Waals surface area contributed by atoms with Crippen molar-refractivity contribution in [3.8, 4) is 0 Å². The monoisotopic (exact) mass is 218 g/mol. The number of cyclic esters (lactones) is 1. The van der Waals surface area contributed by atoms with Gasteiger partial charge in [0.05, 0.1) is 13.0 Å². The number of hydrogen-bond donors (Lipinski definition) is 1. The quantitative estimate of drug-likeness (QED) is 0.486. The molecule has 0 aromatic carbocycles. The molecule has 0 unspecified atom stereocenters. The molecule has 0 aromatic rings. The predicted molar refractivity (Wildman–Crippen MR) is 47.0 cm³/mol. The van der Waals surface area contributed by atoms with Gasteiger partial charge >= 0.3 is 5.97 Å². The lowest BCUT2D eigenvalue weighted by molar-refractivity contribution is -0.137. The van der Waals surface area contributed by atoms with E-state index in [9.17, 15) is 9.90 Å². The Bertz CT molecular complexity index is 255. The summed E-state index contributed by atoms with van der Waals surface area (Å²) in [5, 5.41) is 9.95. The number of aliphatic hydroxyl groups is 1. The van der Waals surface area contributed by atoms with Gasteiger partial charge in [0.1, 0.15) is 31.2 Å². The van der Waals surface area contributed by atoms with E-state index >= 15 is 0 Å². The van der Waals surface area contributed by atoms with E-state index in [0.717, 1.165) is 0 Å². The number of esters is 1. The Labute approximate surface area is 87.1 Å². The van der Waals surface area contributed by atoms with Crippen molar-refractivity contribution in [3.05, 3.63) is 0 Å². The molecule has 2 fully saturated rings. The van der Waals surface area contributed by atoms with Crippen molar-refractivity contribution in [3.63, 3.8) is 0 Å². The third-order valence-electron chi connectivity index (χ3n) is 2.75. The Morgan fingerprint density at radius 3 is 3.07 bits per heavy atom. The first kappa shape index (κ1) is 10.8. The number of ether oxygens (including phenoxy) is 4. The molecule has 0 amide bonds. The van der Waals surface area contributed by atoms with Gasteiger partial charge in [-0.25, -0.2) is 0 Å². The fourth-order valence-corrected chi connectivity index (χ4v) is 1.89. The highest BCUT2D eigenvalue weighted by atomic mass is 16.7. The summed E-state index contributed by atoms with van der Waals surface area (Å²) >= 11 is 0. The van der Waals surface area contributed by atoms with Gasteiger partial charge in [0.25, 0.3) is 0 Å². The molecular formula is C9H14O6. The first-order valence-corrected chi connectivity index (χ1v) is 4.76. The summed E-state index contributed by atoms with van der Waals surface area (Å²) in [5.41, 5.74) is -0.907. The van der Waals surface area contributed by atoms with Crippen molar-refractivity contribution in [2.45, 2.75) is 24.2 Å². The van der Waals surface area contributed by atoms with Gasteiger partial charge in [-0.3, -0.25) is 4.79 Å². The molecule has 2 rings (SSSR count). The topological polar surface area (TPSA) is 74.2 Å². The Morgan fingerprint density at radius 2 is 2.47 bits per heavy atom. The molecule has 0 bridgehead atoms. The van der Waals surface area contributed by atoms with Gasteiger partial charge in [-0.15, -0.1) is 0 Å². The van der Waals surface area contributed by atoms with E-state index in [1.807, 2.05) is 0 Å². The van der Waals surface area contributed by atoms with E-state index in [1.54, 1.807) is 0 Å². The van der Waals surface area contributed by atoms with Crippen LogP contribution in [0.25, 0.3) is 0 Å². The molecule has 86 valence electrons. The second kappa shape index (κ2) is 4.05. The summed E-state index contributed by atoms with van der Waals surface area (Å²) in [6.45, 7) is 0.441. The minimum Gasteiger partial charge on any atom is -0.462 e. The van der Waals surface area contributed by atoms with Crippen LogP contribution in [-0.2, 0) is 23.7 Å². The van der Waals surface area contributed by atoms with Gasteiger partial charge in [-0.2, -0.15) is 0 Å². The van der Waals surface area contributed by atoms with Crippen LogP contribution in [0.5, 0.6) is 0 Å². The van der Waals surface area contributed by atoms with Crippen molar-refractivity contribution < 1.29 is 28.8 Å². The molecule has 0 aliphatic carbocycles. The number of hydrogen-bond acceptors (Lipinski definition) is 6. The Kier molecular flexibility index (Phi) is 2.92. The molecule has 1 spiro atoms. The fraction of sp³-hybridized carbons (Fsp3) is 0.889. The largest absolute Gasteiger partial charge is 0.462 e. The summed E-state index contributed by atoms with van der Waals surface area (Å²) in [4.78, 5) is 11.0. The second-order valence-corrected chi connectivity index (χ2v) is 3.77. The lowest BCUT2D eigenvalue weighted by Gasteiger charge is -2.24. The standard InChI is InChI=1S/C9H14O6/c1-12-5-14-6-3-15-9(8(6)11)2-7(10)13-4-9/h6,8,11H,2-5H2,1H3/t6-,8+,9-/m1/s1. The summed E-state index contributed by atoms with van der Waals surface area (Å²) in [5.74, 6) is -0.346. The van der Waals surface area contributed by atoms with E-state index in [0.29, 0.717) is 0 Å². The average molecular weight is 218 g/mol. The minimum absolute atomic E-state index is 0.0843. The van der Waals surface area contributed by atoms with Gasteiger partial charge in [-0.05, 0) is 0 Å². The summed E-state index contributed by atoms with van der Waals surface area (Å²) in [6.07, 6.45) is -1.22. The Morgan fingerprint density at radius 1 is 1.67 bits per heavy atom. The molecule has 0 radical (unpaired) electrons. The van der Waals surface area contributed by atoms with Gasteiger partial charge in [-0.1, -0.05) is 0 Å². The van der Waals surface area contributed by atoms with Crippen LogP contribution in [0.4, 0.5) is 0 Å². The lowest BCUT2D eigenvalue weighted by atomic mass is 9.95. The maximum absolute atomic E-state index is 11.0. The predicted octanol–water partition coefficient (Wildman–Crippen LogP) is -0.948. The molecule has 2 aliphatic heterocycles. The number of methoxy groups -OCH3 is 1. The van der Waals surface area contributed by atoms with Crippen molar-refractivity contribution in [2.24, 2.45) is 0 Å². The van der Waals surface area contributed by atoms with Crippen molar-refractivity contribution in [1.82, 2.24) is 0 Å². The van der Waals surface area contributed by atoms with Crippen LogP contribution in [0, 0.1) is 0 Å². The van der Waals surface area contributed by atoms with E-state index < -0.39 is 17.8 Å². The Balaban J connectivity index is 1.97. The number of aliphatic hydroxyl groups excluding tert-OH is 1. The average Bonchev–Trinajstić information content (AvgIpc) is 2.73. The lowest BCUT2D eigenvalue weighted by Crippen LogP contribution is -2.44. The molecule has 6 nitrogen and oxygen atoms in total. The number of carbonyl (C=O) groups is 1. The van der Waals surface area contributed by atoms with Crippen molar-refractivity contribution in [2.75, 3.05) is 27.1 Å². The van der Waals surface area contributed by atoms with Gasteiger partial charge in [0, 0.05) is 7.11 Å². The minimum atomic E-state index is -0.907. The van der Waals surface area contributed by atoms with Crippen LogP contribution in [-0.4, -0.2) is 56.0 Å². The highest BCUT2D eigenvalue weighted by Gasteiger charge is 2.55. The molecule has 0 saturated carbocycles. The normalized spacial score (nSPS) is 40.0.